The first-order valence-corrected chi connectivity index (χ1v) is 8.13. The van der Waals surface area contributed by atoms with E-state index in [1.165, 1.54) is 6.07 Å². The highest BCUT2D eigenvalue weighted by Crippen LogP contribution is 2.32. The smallest absolute Gasteiger partial charge is 0.241 e. The third kappa shape index (κ3) is 3.70. The molecule has 0 unspecified atom stereocenters. The van der Waals surface area contributed by atoms with Gasteiger partial charge in [0.25, 0.3) is 0 Å². The van der Waals surface area contributed by atoms with Crippen LogP contribution < -0.4 is 9.88 Å². The first-order valence-electron chi connectivity index (χ1n) is 5.79. The molecule has 0 aliphatic rings. The SMILES string of the molecule is CCC(CC)Oc1c(C)cc(Br)cc1S(N)(=O)=O. The lowest BCUT2D eigenvalue weighted by Gasteiger charge is -2.19. The van der Waals surface area contributed by atoms with Gasteiger partial charge in [0.15, 0.2) is 0 Å². The molecule has 4 nitrogen and oxygen atoms in total. The second-order valence-electron chi connectivity index (χ2n) is 4.15. The summed E-state index contributed by atoms with van der Waals surface area (Å²) in [6.07, 6.45) is 1.62. The van der Waals surface area contributed by atoms with E-state index >= 15 is 0 Å². The van der Waals surface area contributed by atoms with E-state index in [2.05, 4.69) is 15.9 Å². The van der Waals surface area contributed by atoms with Crippen LogP contribution in [0.25, 0.3) is 0 Å². The molecule has 0 saturated heterocycles. The molecule has 0 heterocycles. The fourth-order valence-corrected chi connectivity index (χ4v) is 3.17. The fraction of sp³-hybridized carbons (Fsp3) is 0.500. The summed E-state index contributed by atoms with van der Waals surface area (Å²) in [7, 11) is -3.80. The van der Waals surface area contributed by atoms with Crippen molar-refractivity contribution in [3.8, 4) is 5.75 Å². The highest BCUT2D eigenvalue weighted by molar-refractivity contribution is 9.10. The highest BCUT2D eigenvalue weighted by atomic mass is 79.9. The van der Waals surface area contributed by atoms with E-state index in [9.17, 15) is 8.42 Å². The topological polar surface area (TPSA) is 69.4 Å². The van der Waals surface area contributed by atoms with Gasteiger partial charge in [0.05, 0.1) is 6.10 Å². The van der Waals surface area contributed by atoms with Gasteiger partial charge >= 0.3 is 0 Å². The third-order valence-electron chi connectivity index (χ3n) is 2.71. The summed E-state index contributed by atoms with van der Waals surface area (Å²) < 4.78 is 29.6. The predicted molar refractivity (Wildman–Crippen MR) is 75.3 cm³/mol. The van der Waals surface area contributed by atoms with Crippen molar-refractivity contribution in [3.63, 3.8) is 0 Å². The minimum absolute atomic E-state index is 0.00891. The Morgan fingerprint density at radius 3 is 2.33 bits per heavy atom. The average Bonchev–Trinajstić information content (AvgIpc) is 2.26. The first-order chi connectivity index (χ1) is 8.29. The van der Waals surface area contributed by atoms with E-state index in [-0.39, 0.29) is 11.0 Å². The fourth-order valence-electron chi connectivity index (χ4n) is 1.68. The monoisotopic (exact) mass is 335 g/mol. The molecule has 0 fully saturated rings. The van der Waals surface area contributed by atoms with Crippen molar-refractivity contribution < 1.29 is 13.2 Å². The van der Waals surface area contributed by atoms with E-state index in [4.69, 9.17) is 9.88 Å². The molecule has 0 atom stereocenters. The molecule has 0 amide bonds. The minimum atomic E-state index is -3.80. The van der Waals surface area contributed by atoms with Crippen LogP contribution in [0, 0.1) is 6.92 Å². The molecule has 0 saturated carbocycles. The number of sulfonamides is 1. The number of rotatable bonds is 5. The quantitative estimate of drug-likeness (QED) is 0.899. The second-order valence-corrected chi connectivity index (χ2v) is 6.60. The number of nitrogens with two attached hydrogens (primary N) is 1. The van der Waals surface area contributed by atoms with Crippen molar-refractivity contribution in [1.82, 2.24) is 0 Å². The molecule has 0 aliphatic heterocycles. The molecule has 18 heavy (non-hydrogen) atoms. The molecular weight excluding hydrogens is 318 g/mol. The molecule has 6 heteroatoms. The Hall–Kier alpha value is -0.590. The summed E-state index contributed by atoms with van der Waals surface area (Å²) in [5, 5.41) is 5.23. The van der Waals surface area contributed by atoms with Crippen LogP contribution in [-0.2, 0) is 10.0 Å². The molecule has 2 N–H and O–H groups in total. The van der Waals surface area contributed by atoms with Crippen LogP contribution in [-0.4, -0.2) is 14.5 Å². The van der Waals surface area contributed by atoms with E-state index in [0.717, 1.165) is 18.4 Å². The lowest BCUT2D eigenvalue weighted by atomic mass is 10.2. The van der Waals surface area contributed by atoms with Gasteiger partial charge in [-0.15, -0.1) is 0 Å². The summed E-state index contributed by atoms with van der Waals surface area (Å²) in [5.41, 5.74) is 0.750. The van der Waals surface area contributed by atoms with E-state index < -0.39 is 10.0 Å². The molecule has 1 aromatic carbocycles. The average molecular weight is 336 g/mol. The van der Waals surface area contributed by atoms with Crippen LogP contribution in [0.2, 0.25) is 0 Å². The molecular formula is C12H18BrNO3S. The largest absolute Gasteiger partial charge is 0.489 e. The van der Waals surface area contributed by atoms with E-state index in [1.807, 2.05) is 19.9 Å². The number of halogens is 1. The van der Waals surface area contributed by atoms with Crippen molar-refractivity contribution in [2.75, 3.05) is 0 Å². The van der Waals surface area contributed by atoms with Gasteiger partial charge in [-0.05, 0) is 37.5 Å². The number of ether oxygens (including phenoxy) is 1. The van der Waals surface area contributed by atoms with Crippen LogP contribution in [0.4, 0.5) is 0 Å². The summed E-state index contributed by atoms with van der Waals surface area (Å²) in [4.78, 5) is 0.0290. The molecule has 1 aromatic rings. The Kier molecular flexibility index (Phi) is 5.19. The van der Waals surface area contributed by atoms with Crippen molar-refractivity contribution in [2.45, 2.75) is 44.6 Å². The minimum Gasteiger partial charge on any atom is -0.489 e. The van der Waals surface area contributed by atoms with Crippen LogP contribution >= 0.6 is 15.9 Å². The second kappa shape index (κ2) is 6.04. The zero-order valence-electron chi connectivity index (χ0n) is 10.7. The predicted octanol–water partition coefficient (Wildman–Crippen LogP) is 2.97. The third-order valence-corrected chi connectivity index (χ3v) is 4.08. The van der Waals surface area contributed by atoms with Crippen molar-refractivity contribution in [3.05, 3.63) is 22.2 Å². The number of hydrogen-bond donors (Lipinski definition) is 1. The number of aryl methyl sites for hydroxylation is 1. The van der Waals surface area contributed by atoms with Gasteiger partial charge in [0, 0.05) is 4.47 Å². The number of primary sulfonamides is 1. The van der Waals surface area contributed by atoms with Gasteiger partial charge in [-0.2, -0.15) is 0 Å². The molecule has 0 aliphatic carbocycles. The van der Waals surface area contributed by atoms with Crippen molar-refractivity contribution >= 4 is 26.0 Å². The number of hydrogen-bond acceptors (Lipinski definition) is 3. The van der Waals surface area contributed by atoms with Crippen LogP contribution in [0.15, 0.2) is 21.5 Å². The van der Waals surface area contributed by atoms with Crippen molar-refractivity contribution in [1.29, 1.82) is 0 Å². The normalized spacial score (nSPS) is 11.9. The summed E-state index contributed by atoms with van der Waals surface area (Å²) in [6, 6.07) is 3.28. The Balaban J connectivity index is 3.33. The standard InChI is InChI=1S/C12H18BrNO3S/c1-4-10(5-2)17-12-8(3)6-9(13)7-11(12)18(14,15)16/h6-7,10H,4-5H2,1-3H3,(H2,14,15,16). The van der Waals surface area contributed by atoms with E-state index in [1.54, 1.807) is 6.92 Å². The zero-order valence-corrected chi connectivity index (χ0v) is 13.1. The Morgan fingerprint density at radius 1 is 1.33 bits per heavy atom. The van der Waals surface area contributed by atoms with Crippen LogP contribution in [0.3, 0.4) is 0 Å². The number of benzene rings is 1. The van der Waals surface area contributed by atoms with Crippen LogP contribution in [0.1, 0.15) is 32.3 Å². The Morgan fingerprint density at radius 2 is 1.89 bits per heavy atom. The van der Waals surface area contributed by atoms with E-state index in [0.29, 0.717) is 10.2 Å². The molecule has 0 spiro atoms. The summed E-state index contributed by atoms with van der Waals surface area (Å²) in [6.45, 7) is 5.80. The Bertz CT molecular complexity index is 524. The Labute approximate surface area is 117 Å². The molecule has 0 bridgehead atoms. The maximum absolute atomic E-state index is 11.6. The van der Waals surface area contributed by atoms with Gasteiger partial charge in [0.2, 0.25) is 10.0 Å². The maximum Gasteiger partial charge on any atom is 0.241 e. The van der Waals surface area contributed by atoms with Gasteiger partial charge < -0.3 is 4.74 Å². The van der Waals surface area contributed by atoms with Crippen LogP contribution in [0.5, 0.6) is 5.75 Å². The van der Waals surface area contributed by atoms with Gasteiger partial charge in [-0.1, -0.05) is 29.8 Å². The maximum atomic E-state index is 11.6. The molecule has 0 aromatic heterocycles. The first kappa shape index (κ1) is 15.5. The van der Waals surface area contributed by atoms with Gasteiger partial charge in [0.1, 0.15) is 10.6 Å². The molecule has 102 valence electrons. The summed E-state index contributed by atoms with van der Waals surface area (Å²) in [5.74, 6) is 0.356. The van der Waals surface area contributed by atoms with Crippen molar-refractivity contribution in [2.24, 2.45) is 5.14 Å². The zero-order chi connectivity index (χ0) is 13.9. The lowest BCUT2D eigenvalue weighted by molar-refractivity contribution is 0.186. The molecule has 1 rings (SSSR count). The highest BCUT2D eigenvalue weighted by Gasteiger charge is 2.20. The van der Waals surface area contributed by atoms with Gasteiger partial charge in [-0.25, -0.2) is 13.6 Å². The van der Waals surface area contributed by atoms with Gasteiger partial charge in [-0.3, -0.25) is 0 Å². The summed E-state index contributed by atoms with van der Waals surface area (Å²) >= 11 is 3.26. The lowest BCUT2D eigenvalue weighted by Crippen LogP contribution is -2.19. The molecule has 0 radical (unpaired) electrons.